The minimum atomic E-state index is -0.997. The monoisotopic (exact) mass is 457 g/mol. The van der Waals surface area contributed by atoms with E-state index in [0.29, 0.717) is 37.3 Å². The van der Waals surface area contributed by atoms with Crippen LogP contribution >= 0.6 is 23.2 Å². The Morgan fingerprint density at radius 3 is 2.53 bits per heavy atom. The van der Waals surface area contributed by atoms with Crippen molar-refractivity contribution in [2.24, 2.45) is 0 Å². The van der Waals surface area contributed by atoms with E-state index < -0.39 is 24.5 Å². The molecule has 1 atom stereocenters. The highest BCUT2D eigenvalue weighted by molar-refractivity contribution is 6.42. The molecule has 1 aromatic rings. The summed E-state index contributed by atoms with van der Waals surface area (Å²) in [6, 6.07) is 4.87. The molecule has 0 aliphatic carbocycles. The van der Waals surface area contributed by atoms with Crippen LogP contribution in [0.15, 0.2) is 40.7 Å². The number of hydrogen-bond donors (Lipinski definition) is 1. The summed E-state index contributed by atoms with van der Waals surface area (Å²) in [5, 5.41) is 3.22. The van der Waals surface area contributed by atoms with E-state index in [2.05, 4.69) is 5.32 Å². The molecule has 30 heavy (non-hydrogen) atoms. The van der Waals surface area contributed by atoms with E-state index >= 15 is 0 Å². The largest absolute Gasteiger partial charge is 0.466 e. The topological polar surface area (TPSA) is 73.9 Å². The van der Waals surface area contributed by atoms with Crippen LogP contribution in [0, 0.1) is 0 Å². The van der Waals surface area contributed by atoms with Gasteiger partial charge in [0, 0.05) is 18.5 Å². The molecule has 0 aromatic heterocycles. The highest BCUT2D eigenvalue weighted by Crippen LogP contribution is 2.43. The predicted octanol–water partition coefficient (Wildman–Crippen LogP) is 4.07. The minimum Gasteiger partial charge on any atom is -0.466 e. The normalized spacial score (nSPS) is 20.1. The summed E-state index contributed by atoms with van der Waals surface area (Å²) in [5.41, 5.74) is 0.865. The molecule has 0 saturated carbocycles. The number of nitrogens with one attached hydrogen (secondary N) is 1. The van der Waals surface area contributed by atoms with Gasteiger partial charge in [0.15, 0.2) is 0 Å². The van der Waals surface area contributed by atoms with E-state index in [1.165, 1.54) is 7.11 Å². The van der Waals surface area contributed by atoms with Gasteiger partial charge >= 0.3 is 11.9 Å². The number of dihydropyridines is 1. The van der Waals surface area contributed by atoms with E-state index in [1.807, 2.05) is 0 Å². The van der Waals surface area contributed by atoms with Gasteiger partial charge in [-0.2, -0.15) is 0 Å². The summed E-state index contributed by atoms with van der Waals surface area (Å²) < 4.78 is 29.7. The molecule has 0 amide bonds. The Labute approximate surface area is 184 Å². The first kappa shape index (κ1) is 22.6. The molecule has 1 aromatic carbocycles. The Morgan fingerprint density at radius 2 is 1.90 bits per heavy atom. The van der Waals surface area contributed by atoms with Crippen molar-refractivity contribution in [1.29, 1.82) is 0 Å². The van der Waals surface area contributed by atoms with Gasteiger partial charge in [0.25, 0.3) is 0 Å². The fraction of sp³-hybridized carbons (Fsp3) is 0.429. The van der Waals surface area contributed by atoms with Crippen molar-refractivity contribution in [3.63, 3.8) is 0 Å². The van der Waals surface area contributed by atoms with Crippen molar-refractivity contribution in [3.8, 4) is 0 Å². The molecule has 2 aliphatic heterocycles. The lowest BCUT2D eigenvalue weighted by atomic mass is 9.80. The first-order valence-corrected chi connectivity index (χ1v) is 10.2. The lowest BCUT2D eigenvalue weighted by Crippen LogP contribution is -2.35. The van der Waals surface area contributed by atoms with Crippen LogP contribution in [0.5, 0.6) is 0 Å². The maximum atomic E-state index is 13.8. The van der Waals surface area contributed by atoms with Crippen LogP contribution in [0.25, 0.3) is 0 Å². The summed E-state index contributed by atoms with van der Waals surface area (Å²) in [4.78, 5) is 25.8. The summed E-state index contributed by atoms with van der Waals surface area (Å²) in [5.74, 6) is -2.39. The number of ether oxygens (including phenoxy) is 3. The van der Waals surface area contributed by atoms with Gasteiger partial charge in [0.1, 0.15) is 12.8 Å². The van der Waals surface area contributed by atoms with Crippen LogP contribution in [0.3, 0.4) is 0 Å². The number of methoxy groups -OCH3 is 1. The number of halogens is 3. The molecule has 9 heteroatoms. The smallest absolute Gasteiger partial charge is 0.337 e. The molecule has 0 spiro atoms. The SMILES string of the molecule is COC(=O)C1=C(CF)NC(C)=C(C(=O)OC2CCOCC2)C1c1cccc(Cl)c1Cl. The molecule has 1 unspecified atom stereocenters. The van der Waals surface area contributed by atoms with Crippen molar-refractivity contribution >= 4 is 35.1 Å². The molecule has 6 nitrogen and oxygen atoms in total. The highest BCUT2D eigenvalue weighted by atomic mass is 35.5. The van der Waals surface area contributed by atoms with Crippen molar-refractivity contribution in [2.45, 2.75) is 31.8 Å². The molecule has 1 fully saturated rings. The summed E-state index contributed by atoms with van der Waals surface area (Å²) in [7, 11) is 1.19. The average molecular weight is 458 g/mol. The molecule has 0 radical (unpaired) electrons. The quantitative estimate of drug-likeness (QED) is 0.671. The van der Waals surface area contributed by atoms with Crippen molar-refractivity contribution in [2.75, 3.05) is 27.0 Å². The number of carbonyl (C=O) groups excluding carboxylic acids is 2. The van der Waals surface area contributed by atoms with Gasteiger partial charge in [-0.05, 0) is 18.6 Å². The molecular weight excluding hydrogens is 436 g/mol. The summed E-state index contributed by atoms with van der Waals surface area (Å²) in [6.07, 6.45) is 0.836. The third-order valence-corrected chi connectivity index (χ3v) is 5.97. The Morgan fingerprint density at radius 1 is 1.20 bits per heavy atom. The number of benzene rings is 1. The standard InChI is InChI=1S/C21H22Cl2FNO5/c1-11-16(21(27)30-12-6-8-29-9-7-12)17(13-4-3-5-14(22)19(13)23)18(20(26)28-2)15(10-24)25-11/h3-5,12,17,25H,6-10H2,1-2H3. The van der Waals surface area contributed by atoms with E-state index in [0.717, 1.165) is 0 Å². The summed E-state index contributed by atoms with van der Waals surface area (Å²) in [6.45, 7) is 1.66. The highest BCUT2D eigenvalue weighted by Gasteiger charge is 2.40. The Hall–Kier alpha value is -2.09. The zero-order valence-electron chi connectivity index (χ0n) is 16.6. The van der Waals surface area contributed by atoms with E-state index in [9.17, 15) is 14.0 Å². The van der Waals surface area contributed by atoms with Crippen molar-refractivity contribution < 1.29 is 28.2 Å². The second-order valence-corrected chi connectivity index (χ2v) is 7.76. The number of allylic oxidation sites excluding steroid dienone is 2. The summed E-state index contributed by atoms with van der Waals surface area (Å²) >= 11 is 12.6. The lowest BCUT2D eigenvalue weighted by Gasteiger charge is -2.32. The molecule has 0 bridgehead atoms. The molecule has 2 aliphatic rings. The number of alkyl halides is 1. The van der Waals surface area contributed by atoms with Crippen LogP contribution in [-0.4, -0.2) is 45.0 Å². The Bertz CT molecular complexity index is 909. The van der Waals surface area contributed by atoms with E-state index in [1.54, 1.807) is 25.1 Å². The molecule has 162 valence electrons. The fourth-order valence-corrected chi connectivity index (χ4v) is 4.10. The van der Waals surface area contributed by atoms with Gasteiger partial charge < -0.3 is 19.5 Å². The van der Waals surface area contributed by atoms with Crippen molar-refractivity contribution in [3.05, 3.63) is 56.3 Å². The van der Waals surface area contributed by atoms with Crippen LogP contribution in [0.1, 0.15) is 31.2 Å². The Balaban J connectivity index is 2.11. The second kappa shape index (κ2) is 9.81. The first-order valence-electron chi connectivity index (χ1n) is 9.46. The third kappa shape index (κ3) is 4.48. The van der Waals surface area contributed by atoms with Crippen LogP contribution < -0.4 is 5.32 Å². The number of hydrogen-bond acceptors (Lipinski definition) is 6. The maximum absolute atomic E-state index is 13.8. The lowest BCUT2D eigenvalue weighted by molar-refractivity contribution is -0.148. The Kier molecular flexibility index (Phi) is 7.39. The molecule has 1 saturated heterocycles. The maximum Gasteiger partial charge on any atom is 0.337 e. The number of carbonyl (C=O) groups is 2. The molecule has 3 rings (SSSR count). The molecule has 2 heterocycles. The average Bonchev–Trinajstić information content (AvgIpc) is 2.74. The first-order chi connectivity index (χ1) is 14.4. The zero-order chi connectivity index (χ0) is 21.8. The van der Waals surface area contributed by atoms with Gasteiger partial charge in [-0.1, -0.05) is 35.3 Å². The predicted molar refractivity (Wildman–Crippen MR) is 110 cm³/mol. The fourth-order valence-electron chi connectivity index (χ4n) is 3.69. The van der Waals surface area contributed by atoms with Crippen LogP contribution in [0.2, 0.25) is 10.0 Å². The van der Waals surface area contributed by atoms with Gasteiger partial charge in [-0.25, -0.2) is 14.0 Å². The van der Waals surface area contributed by atoms with E-state index in [-0.39, 0.29) is 33.0 Å². The third-order valence-electron chi connectivity index (χ3n) is 5.14. The zero-order valence-corrected chi connectivity index (χ0v) is 18.1. The van der Waals surface area contributed by atoms with Gasteiger partial charge in [-0.3, -0.25) is 0 Å². The van der Waals surface area contributed by atoms with Gasteiger partial charge in [0.2, 0.25) is 0 Å². The molecule has 1 N–H and O–H groups in total. The van der Waals surface area contributed by atoms with E-state index in [4.69, 9.17) is 37.4 Å². The molecular formula is C21H22Cl2FNO5. The van der Waals surface area contributed by atoms with Crippen LogP contribution in [0.4, 0.5) is 4.39 Å². The van der Waals surface area contributed by atoms with Gasteiger partial charge in [0.05, 0.1) is 53.1 Å². The minimum absolute atomic E-state index is 0.00279. The number of esters is 2. The van der Waals surface area contributed by atoms with Crippen LogP contribution in [-0.2, 0) is 23.8 Å². The van der Waals surface area contributed by atoms with Crippen molar-refractivity contribution in [1.82, 2.24) is 5.32 Å². The van der Waals surface area contributed by atoms with Gasteiger partial charge in [-0.15, -0.1) is 0 Å². The number of rotatable bonds is 5. The second-order valence-electron chi connectivity index (χ2n) is 6.97.